The van der Waals surface area contributed by atoms with Gasteiger partial charge >= 0.3 is 0 Å². The van der Waals surface area contributed by atoms with Crippen LogP contribution in [-0.4, -0.2) is 19.5 Å². The number of hydrogen-bond donors (Lipinski definition) is 0. The number of para-hydroxylation sites is 1. The van der Waals surface area contributed by atoms with E-state index in [4.69, 9.17) is 23.8 Å². The largest absolute Gasteiger partial charge is 0.456 e. The molecule has 0 bridgehead atoms. The van der Waals surface area contributed by atoms with Gasteiger partial charge in [-0.1, -0.05) is 152 Å². The summed E-state index contributed by atoms with van der Waals surface area (Å²) in [5, 5.41) is 13.6. The molecule has 0 spiro atoms. The third-order valence-corrected chi connectivity index (χ3v) is 13.9. The van der Waals surface area contributed by atoms with Gasteiger partial charge in [0, 0.05) is 43.6 Å². The molecule has 0 saturated heterocycles. The average Bonchev–Trinajstić information content (AvgIpc) is 4.08. The summed E-state index contributed by atoms with van der Waals surface area (Å²) in [4.78, 5) is 16.0. The monoisotopic (exact) mass is 880 g/mol. The number of aromatic nitrogens is 4. The van der Waals surface area contributed by atoms with Crippen LogP contribution in [0.15, 0.2) is 227 Å². The van der Waals surface area contributed by atoms with Crippen LogP contribution < -0.4 is 0 Å². The molecule has 0 amide bonds. The lowest BCUT2D eigenvalue weighted by atomic mass is 10.0. The van der Waals surface area contributed by atoms with E-state index in [0.29, 0.717) is 17.5 Å². The quantitative estimate of drug-likeness (QED) is 0.172. The van der Waals surface area contributed by atoms with Crippen LogP contribution in [0.3, 0.4) is 0 Å². The molecular weight excluding hydrogens is 845 g/mol. The molecule has 6 heteroatoms. The van der Waals surface area contributed by atoms with Crippen molar-refractivity contribution >= 4 is 98.0 Å². The van der Waals surface area contributed by atoms with Crippen LogP contribution in [0.4, 0.5) is 0 Å². The van der Waals surface area contributed by atoms with Gasteiger partial charge in [0.25, 0.3) is 0 Å². The molecule has 15 rings (SSSR count). The smallest absolute Gasteiger partial charge is 0.164 e. The maximum absolute atomic E-state index is 7.00. The molecule has 0 radical (unpaired) electrons. The third kappa shape index (κ3) is 5.89. The Bertz CT molecular complexity index is 4620. The van der Waals surface area contributed by atoms with E-state index in [1.165, 1.54) is 32.3 Å². The minimum absolute atomic E-state index is 0.523. The molecule has 0 fully saturated rings. The van der Waals surface area contributed by atoms with Crippen LogP contribution in [0.5, 0.6) is 0 Å². The molecule has 15 aromatic rings. The van der Waals surface area contributed by atoms with Crippen molar-refractivity contribution in [2.24, 2.45) is 0 Å². The minimum Gasteiger partial charge on any atom is -0.456 e. The van der Waals surface area contributed by atoms with Gasteiger partial charge in [-0.15, -0.1) is 0 Å². The van der Waals surface area contributed by atoms with E-state index in [1.54, 1.807) is 0 Å². The Kier molecular flexibility index (Phi) is 7.97. The van der Waals surface area contributed by atoms with E-state index >= 15 is 0 Å². The molecule has 0 N–H and O–H groups in total. The third-order valence-electron chi connectivity index (χ3n) is 13.9. The van der Waals surface area contributed by atoms with Gasteiger partial charge in [-0.3, -0.25) is 0 Å². The number of benzene rings is 11. The Morgan fingerprint density at radius 3 is 1.64 bits per heavy atom. The van der Waals surface area contributed by atoms with E-state index < -0.39 is 0 Å². The van der Waals surface area contributed by atoms with Crippen molar-refractivity contribution in [3.05, 3.63) is 218 Å². The fourth-order valence-corrected chi connectivity index (χ4v) is 10.7. The zero-order valence-electron chi connectivity index (χ0n) is 36.9. The Labute approximate surface area is 394 Å². The van der Waals surface area contributed by atoms with E-state index in [9.17, 15) is 0 Å². The van der Waals surface area contributed by atoms with Crippen molar-refractivity contribution < 1.29 is 8.83 Å². The molecule has 4 heterocycles. The highest BCUT2D eigenvalue weighted by atomic mass is 16.3. The summed E-state index contributed by atoms with van der Waals surface area (Å²) in [6.45, 7) is 0. The molecule has 11 aromatic carbocycles. The summed E-state index contributed by atoms with van der Waals surface area (Å²) >= 11 is 0. The predicted octanol–water partition coefficient (Wildman–Crippen LogP) is 16.9. The Hall–Kier alpha value is -9.39. The van der Waals surface area contributed by atoms with Crippen LogP contribution in [0.1, 0.15) is 0 Å². The van der Waals surface area contributed by atoms with Gasteiger partial charge in [0.1, 0.15) is 22.3 Å². The molecule has 320 valence electrons. The topological polar surface area (TPSA) is 69.9 Å². The maximum atomic E-state index is 7.00. The molecule has 6 nitrogen and oxygen atoms in total. The zero-order valence-corrected chi connectivity index (χ0v) is 36.9. The molecule has 4 aromatic heterocycles. The SMILES string of the molecule is c1ccc(-c2cccc(-c3nc(-c4ccc5c(c4)oc4ccccc45)nc(-c4cc(-n5c6cc7ccccc7cc6c6c7ccccc7ccc65)c5c(c4)oc4cc6ccccc6cc45)n3)c2)cc1. The molecule has 0 unspecified atom stereocenters. The predicted molar refractivity (Wildman–Crippen MR) is 283 cm³/mol. The lowest BCUT2D eigenvalue weighted by molar-refractivity contribution is 0.669. The second kappa shape index (κ2) is 14.6. The van der Waals surface area contributed by atoms with Crippen molar-refractivity contribution in [2.75, 3.05) is 0 Å². The highest BCUT2D eigenvalue weighted by Gasteiger charge is 2.24. The van der Waals surface area contributed by atoms with Gasteiger partial charge in [-0.05, 0) is 110 Å². The molecule has 0 aliphatic heterocycles. The van der Waals surface area contributed by atoms with Gasteiger partial charge in [-0.2, -0.15) is 0 Å². The van der Waals surface area contributed by atoms with Crippen molar-refractivity contribution in [1.82, 2.24) is 19.5 Å². The normalized spacial score (nSPS) is 12.1. The lowest BCUT2D eigenvalue weighted by Gasteiger charge is -2.14. The van der Waals surface area contributed by atoms with E-state index in [2.05, 4.69) is 193 Å². The molecule has 0 atom stereocenters. The summed E-state index contributed by atoms with van der Waals surface area (Å²) < 4.78 is 15.8. The van der Waals surface area contributed by atoms with Gasteiger partial charge in [0.05, 0.1) is 22.1 Å². The van der Waals surface area contributed by atoms with Gasteiger partial charge in [0.15, 0.2) is 17.5 Å². The maximum Gasteiger partial charge on any atom is 0.164 e. The first-order valence-corrected chi connectivity index (χ1v) is 23.2. The first-order chi connectivity index (χ1) is 34.1. The van der Waals surface area contributed by atoms with Crippen molar-refractivity contribution in [2.45, 2.75) is 0 Å². The highest BCUT2D eigenvalue weighted by molar-refractivity contribution is 6.25. The number of rotatable bonds is 5. The van der Waals surface area contributed by atoms with Gasteiger partial charge in [0.2, 0.25) is 0 Å². The van der Waals surface area contributed by atoms with E-state index in [-0.39, 0.29) is 0 Å². The summed E-state index contributed by atoms with van der Waals surface area (Å²) in [5.74, 6) is 1.62. The lowest BCUT2D eigenvalue weighted by Crippen LogP contribution is -2.02. The second-order valence-corrected chi connectivity index (χ2v) is 18.0. The summed E-state index contributed by atoms with van der Waals surface area (Å²) in [7, 11) is 0. The van der Waals surface area contributed by atoms with Crippen molar-refractivity contribution in [1.29, 1.82) is 0 Å². The summed E-state index contributed by atoms with van der Waals surface area (Å²) in [5.41, 5.74) is 11.0. The Morgan fingerprint density at radius 2 is 0.841 bits per heavy atom. The average molecular weight is 881 g/mol. The zero-order chi connectivity index (χ0) is 45.2. The number of hydrogen-bond acceptors (Lipinski definition) is 5. The minimum atomic E-state index is 0.523. The van der Waals surface area contributed by atoms with Crippen LogP contribution in [0.25, 0.3) is 149 Å². The number of fused-ring (bicyclic) bond motifs is 13. The number of nitrogens with zero attached hydrogens (tertiary/aromatic N) is 4. The fraction of sp³-hybridized carbons (Fsp3) is 0. The van der Waals surface area contributed by atoms with Crippen LogP contribution >= 0.6 is 0 Å². The fourth-order valence-electron chi connectivity index (χ4n) is 10.7. The Balaban J connectivity index is 1.04. The van der Waals surface area contributed by atoms with E-state index in [1.807, 2.05) is 30.3 Å². The van der Waals surface area contributed by atoms with Crippen molar-refractivity contribution in [3.8, 4) is 51.0 Å². The first kappa shape index (κ1) is 37.8. The summed E-state index contributed by atoms with van der Waals surface area (Å²) in [6, 6.07) is 77.0. The standard InChI is InChI=1S/C63H36N4O2/c1-2-13-37(14-3-1)39-20-12-21-44(29-39)61-64-62(45-25-27-49-48-23-10-11-24-55(48)68-56(49)35-45)66-63(65-61)46-33-54(60-51-31-41-17-5-7-19-43(41)34-57(51)69-58(60)36-46)67-52-28-26-38-15-8-9-22-47(38)59(52)50-30-40-16-4-6-18-42(40)32-53(50)67/h1-36H. The van der Waals surface area contributed by atoms with Gasteiger partial charge < -0.3 is 13.4 Å². The highest BCUT2D eigenvalue weighted by Crippen LogP contribution is 2.45. The molecule has 69 heavy (non-hydrogen) atoms. The van der Waals surface area contributed by atoms with Crippen molar-refractivity contribution in [3.63, 3.8) is 0 Å². The molecule has 0 aliphatic rings. The number of furan rings is 2. The first-order valence-electron chi connectivity index (χ1n) is 23.2. The van der Waals surface area contributed by atoms with Crippen LogP contribution in [-0.2, 0) is 0 Å². The van der Waals surface area contributed by atoms with E-state index in [0.717, 1.165) is 99.2 Å². The molecule has 0 aliphatic carbocycles. The Morgan fingerprint density at radius 1 is 0.275 bits per heavy atom. The van der Waals surface area contributed by atoms with Crippen LogP contribution in [0.2, 0.25) is 0 Å². The second-order valence-electron chi connectivity index (χ2n) is 18.0. The molecular formula is C63H36N4O2. The van der Waals surface area contributed by atoms with Gasteiger partial charge in [-0.25, -0.2) is 15.0 Å². The molecule has 0 saturated carbocycles. The van der Waals surface area contributed by atoms with Crippen LogP contribution in [0, 0.1) is 0 Å². The summed E-state index contributed by atoms with van der Waals surface area (Å²) in [6.07, 6.45) is 0.